The second-order valence-corrected chi connectivity index (χ2v) is 9.28. The fourth-order valence-electron chi connectivity index (χ4n) is 4.11. The van der Waals surface area contributed by atoms with Gasteiger partial charge >= 0.3 is 0 Å². The summed E-state index contributed by atoms with van der Waals surface area (Å²) >= 11 is 0. The van der Waals surface area contributed by atoms with Crippen molar-refractivity contribution in [3.63, 3.8) is 0 Å². The molecule has 0 unspecified atom stereocenters. The first-order valence-corrected chi connectivity index (χ1v) is 13.9. The van der Waals surface area contributed by atoms with Crippen LogP contribution in [0.1, 0.15) is 174 Å². The molecule has 0 aliphatic carbocycles. The Morgan fingerprint density at radius 3 is 0.724 bits per heavy atom. The van der Waals surface area contributed by atoms with E-state index in [1.165, 1.54) is 148 Å². The Kier molecular flexibility index (Phi) is 27.1. The van der Waals surface area contributed by atoms with Crippen LogP contribution in [0.4, 0.5) is 0 Å². The van der Waals surface area contributed by atoms with Gasteiger partial charge in [0.25, 0.3) is 0 Å². The van der Waals surface area contributed by atoms with Crippen LogP contribution in [0.5, 0.6) is 0 Å². The molecule has 0 heteroatoms. The van der Waals surface area contributed by atoms with E-state index in [2.05, 4.69) is 25.7 Å². The van der Waals surface area contributed by atoms with Crippen LogP contribution in [-0.4, -0.2) is 0 Å². The molecule has 0 aromatic heterocycles. The van der Waals surface area contributed by atoms with Gasteiger partial charge in [0.05, 0.1) is 0 Å². The number of hydrogen-bond acceptors (Lipinski definition) is 0. The summed E-state index contributed by atoms with van der Waals surface area (Å²) in [6, 6.07) is 0. The summed E-state index contributed by atoms with van der Waals surface area (Å²) in [5.74, 6) is 6.81. The molecule has 29 heavy (non-hydrogen) atoms. The van der Waals surface area contributed by atoms with Gasteiger partial charge in [0.2, 0.25) is 0 Å². The Morgan fingerprint density at radius 2 is 0.483 bits per heavy atom. The molecular weight excluding hydrogens is 348 g/mol. The SMILES string of the molecule is CCCCCCCCCCCCCC#CCCCCCCCCCCCCCC. The highest BCUT2D eigenvalue weighted by Gasteiger charge is 1.94. The lowest BCUT2D eigenvalue weighted by Gasteiger charge is -2.02. The Hall–Kier alpha value is -0.440. The van der Waals surface area contributed by atoms with Crippen molar-refractivity contribution >= 4 is 0 Å². The minimum absolute atomic E-state index is 1.13. The fourth-order valence-corrected chi connectivity index (χ4v) is 4.11. The zero-order valence-electron chi connectivity index (χ0n) is 20.7. The summed E-state index contributed by atoms with van der Waals surface area (Å²) in [6.07, 6.45) is 35.1. The predicted molar refractivity (Wildman–Crippen MR) is 135 cm³/mol. The van der Waals surface area contributed by atoms with Crippen molar-refractivity contribution in [2.45, 2.75) is 174 Å². The van der Waals surface area contributed by atoms with E-state index in [0.717, 1.165) is 12.8 Å². The summed E-state index contributed by atoms with van der Waals surface area (Å²) in [7, 11) is 0. The van der Waals surface area contributed by atoms with Crippen molar-refractivity contribution in [2.75, 3.05) is 0 Å². The Labute approximate surface area is 186 Å². The van der Waals surface area contributed by atoms with E-state index in [0.29, 0.717) is 0 Å². The normalized spacial score (nSPS) is 10.8. The standard InChI is InChI=1S/C29H56/c1-3-5-7-9-11-13-15-17-19-21-23-25-27-29-28-26-24-22-20-18-16-14-12-10-8-6-4-2/h3-27H2,1-2H3. The number of unbranched alkanes of at least 4 members (excludes halogenated alkanes) is 23. The summed E-state index contributed by atoms with van der Waals surface area (Å²) in [5, 5.41) is 0. The molecule has 0 N–H and O–H groups in total. The second-order valence-electron chi connectivity index (χ2n) is 9.28. The van der Waals surface area contributed by atoms with Crippen LogP contribution in [-0.2, 0) is 0 Å². The molecule has 0 rings (SSSR count). The molecule has 172 valence electrons. The molecule has 0 bridgehead atoms. The van der Waals surface area contributed by atoms with Gasteiger partial charge in [-0.1, -0.05) is 149 Å². The summed E-state index contributed by atoms with van der Waals surface area (Å²) in [5.41, 5.74) is 0. The third kappa shape index (κ3) is 27.6. The maximum absolute atomic E-state index is 3.41. The molecule has 0 aromatic carbocycles. The quantitative estimate of drug-likeness (QED) is 0.117. The van der Waals surface area contributed by atoms with Gasteiger partial charge in [0, 0.05) is 12.8 Å². The molecule has 0 fully saturated rings. The van der Waals surface area contributed by atoms with Crippen LogP contribution in [0, 0.1) is 11.8 Å². The molecule has 0 nitrogen and oxygen atoms in total. The molecule has 0 aromatic rings. The Morgan fingerprint density at radius 1 is 0.276 bits per heavy atom. The largest absolute Gasteiger partial charge is 0.103 e. The maximum atomic E-state index is 3.41. The minimum atomic E-state index is 1.13. The molecular formula is C29H56. The summed E-state index contributed by atoms with van der Waals surface area (Å²) in [6.45, 7) is 4.59. The average molecular weight is 405 g/mol. The van der Waals surface area contributed by atoms with E-state index in [1.54, 1.807) is 0 Å². The summed E-state index contributed by atoms with van der Waals surface area (Å²) in [4.78, 5) is 0. The highest BCUT2D eigenvalue weighted by molar-refractivity contribution is 4.98. The lowest BCUT2D eigenvalue weighted by molar-refractivity contribution is 0.545. The average Bonchev–Trinajstić information content (AvgIpc) is 2.74. The molecule has 0 aliphatic rings. The van der Waals surface area contributed by atoms with Gasteiger partial charge in [-0.25, -0.2) is 0 Å². The number of hydrogen-bond donors (Lipinski definition) is 0. The minimum Gasteiger partial charge on any atom is -0.103 e. The van der Waals surface area contributed by atoms with Gasteiger partial charge in [-0.2, -0.15) is 0 Å². The van der Waals surface area contributed by atoms with Crippen molar-refractivity contribution in [1.82, 2.24) is 0 Å². The van der Waals surface area contributed by atoms with E-state index in [9.17, 15) is 0 Å². The molecule has 0 atom stereocenters. The molecule has 0 heterocycles. The first kappa shape index (κ1) is 28.6. The topological polar surface area (TPSA) is 0 Å². The van der Waals surface area contributed by atoms with Crippen LogP contribution in [0.15, 0.2) is 0 Å². The molecule has 0 amide bonds. The van der Waals surface area contributed by atoms with E-state index >= 15 is 0 Å². The van der Waals surface area contributed by atoms with Gasteiger partial charge in [0.1, 0.15) is 0 Å². The first-order valence-electron chi connectivity index (χ1n) is 13.9. The van der Waals surface area contributed by atoms with Crippen LogP contribution >= 0.6 is 0 Å². The Balaban J connectivity index is 3.08. The van der Waals surface area contributed by atoms with E-state index in [4.69, 9.17) is 0 Å². The fraction of sp³-hybridized carbons (Fsp3) is 0.931. The highest BCUT2D eigenvalue weighted by atomic mass is 14.0. The third-order valence-corrected chi connectivity index (χ3v) is 6.19. The monoisotopic (exact) mass is 404 g/mol. The van der Waals surface area contributed by atoms with Crippen molar-refractivity contribution in [3.05, 3.63) is 0 Å². The van der Waals surface area contributed by atoms with Gasteiger partial charge in [0.15, 0.2) is 0 Å². The van der Waals surface area contributed by atoms with Crippen molar-refractivity contribution in [1.29, 1.82) is 0 Å². The molecule has 0 spiro atoms. The van der Waals surface area contributed by atoms with Gasteiger partial charge in [-0.15, -0.1) is 11.8 Å². The highest BCUT2D eigenvalue weighted by Crippen LogP contribution is 2.13. The first-order chi connectivity index (χ1) is 14.4. The van der Waals surface area contributed by atoms with Gasteiger partial charge in [-0.3, -0.25) is 0 Å². The van der Waals surface area contributed by atoms with Crippen LogP contribution in [0.25, 0.3) is 0 Å². The van der Waals surface area contributed by atoms with E-state index in [-0.39, 0.29) is 0 Å². The van der Waals surface area contributed by atoms with Gasteiger partial charge < -0.3 is 0 Å². The zero-order valence-corrected chi connectivity index (χ0v) is 20.7. The zero-order chi connectivity index (χ0) is 21.1. The van der Waals surface area contributed by atoms with Gasteiger partial charge in [-0.05, 0) is 12.8 Å². The molecule has 0 radical (unpaired) electrons. The van der Waals surface area contributed by atoms with Crippen molar-refractivity contribution in [3.8, 4) is 11.8 Å². The maximum Gasteiger partial charge on any atom is 0.00886 e. The predicted octanol–water partition coefficient (Wildman–Crippen LogP) is 10.8. The smallest absolute Gasteiger partial charge is 0.00886 e. The molecule has 0 saturated carbocycles. The van der Waals surface area contributed by atoms with Crippen molar-refractivity contribution < 1.29 is 0 Å². The summed E-state index contributed by atoms with van der Waals surface area (Å²) < 4.78 is 0. The molecule has 0 saturated heterocycles. The van der Waals surface area contributed by atoms with Crippen LogP contribution < -0.4 is 0 Å². The van der Waals surface area contributed by atoms with Crippen LogP contribution in [0.2, 0.25) is 0 Å². The Bertz CT molecular complexity index is 332. The second kappa shape index (κ2) is 27.6. The van der Waals surface area contributed by atoms with E-state index < -0.39 is 0 Å². The third-order valence-electron chi connectivity index (χ3n) is 6.19. The number of rotatable bonds is 23. The lowest BCUT2D eigenvalue weighted by atomic mass is 10.0. The van der Waals surface area contributed by atoms with Crippen LogP contribution in [0.3, 0.4) is 0 Å². The molecule has 0 aliphatic heterocycles. The van der Waals surface area contributed by atoms with E-state index in [1.807, 2.05) is 0 Å². The van der Waals surface area contributed by atoms with Crippen molar-refractivity contribution in [2.24, 2.45) is 0 Å². The lowest BCUT2D eigenvalue weighted by Crippen LogP contribution is -1.82.